The van der Waals surface area contributed by atoms with Gasteiger partial charge in [0, 0.05) is 18.2 Å². The summed E-state index contributed by atoms with van der Waals surface area (Å²) in [5.41, 5.74) is 0.582. The number of anilines is 1. The molecule has 1 aromatic heterocycles. The number of rotatable bonds is 4. The van der Waals surface area contributed by atoms with Crippen LogP contribution in [0, 0.1) is 0 Å². The van der Waals surface area contributed by atoms with Gasteiger partial charge in [-0.05, 0) is 19.1 Å². The lowest BCUT2D eigenvalue weighted by Crippen LogP contribution is -2.25. The average Bonchev–Trinajstić information content (AvgIpc) is 3.00. The van der Waals surface area contributed by atoms with Gasteiger partial charge in [-0.3, -0.25) is 0 Å². The highest BCUT2D eigenvalue weighted by molar-refractivity contribution is 5.56. The molecule has 0 unspecified atom stereocenters. The minimum absolute atomic E-state index is 0.00395. The van der Waals surface area contributed by atoms with E-state index < -0.39 is 6.29 Å². The van der Waals surface area contributed by atoms with E-state index in [1.807, 2.05) is 13.8 Å². The molecule has 0 radical (unpaired) electrons. The van der Waals surface area contributed by atoms with Crippen molar-refractivity contribution in [1.82, 2.24) is 10.2 Å². The van der Waals surface area contributed by atoms with E-state index in [0.717, 1.165) is 0 Å². The number of hydrogen-bond acceptors (Lipinski definition) is 6. The molecule has 21 heavy (non-hydrogen) atoms. The third kappa shape index (κ3) is 2.74. The second-order valence-corrected chi connectivity index (χ2v) is 4.58. The summed E-state index contributed by atoms with van der Waals surface area (Å²) in [6.45, 7) is 3.74. The Balaban J connectivity index is 1.74. The summed E-state index contributed by atoms with van der Waals surface area (Å²) in [7, 11) is 0. The molecule has 1 aromatic carbocycles. The largest absolute Gasteiger partial charge is 0.586 e. The van der Waals surface area contributed by atoms with E-state index in [-0.39, 0.29) is 17.5 Å². The zero-order chi connectivity index (χ0) is 15.0. The number of alkyl halides is 2. The van der Waals surface area contributed by atoms with Gasteiger partial charge >= 0.3 is 6.29 Å². The first kappa shape index (κ1) is 13.6. The molecule has 1 atom stereocenters. The van der Waals surface area contributed by atoms with Crippen molar-refractivity contribution in [3.05, 3.63) is 30.0 Å². The number of hydrogen-bond donors (Lipinski definition) is 1. The van der Waals surface area contributed by atoms with Gasteiger partial charge in [-0.25, -0.2) is 0 Å². The number of aromatic nitrogens is 2. The van der Waals surface area contributed by atoms with Gasteiger partial charge in [-0.2, -0.15) is 0 Å². The Labute approximate surface area is 119 Å². The van der Waals surface area contributed by atoms with E-state index >= 15 is 0 Å². The Morgan fingerprint density at radius 2 is 2.00 bits per heavy atom. The highest BCUT2D eigenvalue weighted by atomic mass is 19.3. The molecule has 2 aromatic rings. The van der Waals surface area contributed by atoms with Crippen LogP contribution >= 0.6 is 0 Å². The number of benzene rings is 1. The lowest BCUT2D eigenvalue weighted by Gasteiger charge is -2.11. The number of fused-ring (bicyclic) bond motifs is 1. The van der Waals surface area contributed by atoms with E-state index in [0.29, 0.717) is 23.9 Å². The maximum atomic E-state index is 12.9. The minimum atomic E-state index is -3.62. The zero-order valence-corrected chi connectivity index (χ0v) is 11.4. The topological polar surface area (TPSA) is 69.4 Å². The molecule has 0 bridgehead atoms. The highest BCUT2D eigenvalue weighted by Gasteiger charge is 2.43. The number of nitrogens with zero attached hydrogens (tertiary/aromatic N) is 2. The van der Waals surface area contributed by atoms with Gasteiger partial charge in [0.2, 0.25) is 11.8 Å². The summed E-state index contributed by atoms with van der Waals surface area (Å²) in [5, 5.41) is 10.9. The van der Waals surface area contributed by atoms with Crippen molar-refractivity contribution < 1.29 is 22.7 Å². The molecule has 0 saturated heterocycles. The molecule has 1 N–H and O–H groups in total. The van der Waals surface area contributed by atoms with E-state index in [1.165, 1.54) is 12.1 Å². The van der Waals surface area contributed by atoms with Crippen LogP contribution in [0.4, 0.5) is 14.5 Å². The smallest absolute Gasteiger partial charge is 0.423 e. The third-order valence-electron chi connectivity index (χ3n) is 2.94. The molecule has 0 spiro atoms. The molecule has 1 aliphatic rings. The zero-order valence-electron chi connectivity index (χ0n) is 11.4. The van der Waals surface area contributed by atoms with Gasteiger partial charge in [0.15, 0.2) is 11.5 Å². The Hall–Kier alpha value is -2.38. The fourth-order valence-corrected chi connectivity index (χ4v) is 1.93. The van der Waals surface area contributed by atoms with Crippen molar-refractivity contribution in [2.24, 2.45) is 0 Å². The molecule has 1 aliphatic heterocycles. The molecule has 8 heteroatoms. The average molecular weight is 297 g/mol. The van der Waals surface area contributed by atoms with Crippen LogP contribution in [0.2, 0.25) is 0 Å². The Morgan fingerprint density at radius 3 is 2.71 bits per heavy atom. The molecule has 0 fully saturated rings. The Kier molecular flexibility index (Phi) is 3.15. The van der Waals surface area contributed by atoms with E-state index in [1.54, 1.807) is 6.07 Å². The quantitative estimate of drug-likeness (QED) is 0.935. The maximum Gasteiger partial charge on any atom is 0.586 e. The Morgan fingerprint density at radius 1 is 1.24 bits per heavy atom. The van der Waals surface area contributed by atoms with Gasteiger partial charge in [-0.1, -0.05) is 6.92 Å². The molecular weight excluding hydrogens is 284 g/mol. The first-order valence-corrected chi connectivity index (χ1v) is 6.45. The van der Waals surface area contributed by atoms with Crippen molar-refractivity contribution in [3.63, 3.8) is 0 Å². The van der Waals surface area contributed by atoms with Crippen LogP contribution in [0.1, 0.15) is 31.7 Å². The molecule has 0 amide bonds. The predicted octanol–water partition coefficient (Wildman–Crippen LogP) is 3.13. The number of nitrogens with one attached hydrogen (secondary N) is 1. The summed E-state index contributed by atoms with van der Waals surface area (Å²) in [5.74, 6) is 0.958. The van der Waals surface area contributed by atoms with Crippen molar-refractivity contribution in [2.75, 3.05) is 5.32 Å². The van der Waals surface area contributed by atoms with Crippen LogP contribution in [0.25, 0.3) is 0 Å². The van der Waals surface area contributed by atoms with E-state index in [9.17, 15) is 8.78 Å². The van der Waals surface area contributed by atoms with Crippen molar-refractivity contribution >= 4 is 5.69 Å². The fourth-order valence-electron chi connectivity index (χ4n) is 1.93. The Bertz CT molecular complexity index is 660. The van der Waals surface area contributed by atoms with Gasteiger partial charge < -0.3 is 19.2 Å². The molecule has 6 nitrogen and oxygen atoms in total. The molecule has 3 rings (SSSR count). The number of halogens is 2. The van der Waals surface area contributed by atoms with Crippen LogP contribution < -0.4 is 14.8 Å². The second-order valence-electron chi connectivity index (χ2n) is 4.58. The van der Waals surface area contributed by atoms with Crippen LogP contribution in [0.5, 0.6) is 11.5 Å². The minimum Gasteiger partial charge on any atom is -0.423 e. The lowest BCUT2D eigenvalue weighted by molar-refractivity contribution is -0.286. The predicted molar refractivity (Wildman–Crippen MR) is 68.4 cm³/mol. The van der Waals surface area contributed by atoms with Crippen molar-refractivity contribution in [1.29, 1.82) is 0 Å². The molecule has 2 heterocycles. The molecular formula is C13H13F2N3O3. The van der Waals surface area contributed by atoms with E-state index in [4.69, 9.17) is 4.42 Å². The van der Waals surface area contributed by atoms with Crippen LogP contribution in [-0.4, -0.2) is 16.5 Å². The number of aryl methyl sites for hydroxylation is 1. The van der Waals surface area contributed by atoms with Crippen molar-refractivity contribution in [3.8, 4) is 11.5 Å². The van der Waals surface area contributed by atoms with Crippen LogP contribution in [-0.2, 0) is 6.42 Å². The lowest BCUT2D eigenvalue weighted by atomic mass is 10.2. The first-order chi connectivity index (χ1) is 9.97. The number of ether oxygens (including phenoxy) is 2. The van der Waals surface area contributed by atoms with Crippen LogP contribution in [0.3, 0.4) is 0 Å². The highest BCUT2D eigenvalue weighted by Crippen LogP contribution is 2.42. The summed E-state index contributed by atoms with van der Waals surface area (Å²) in [6.07, 6.45) is -2.96. The van der Waals surface area contributed by atoms with Gasteiger partial charge in [-0.15, -0.1) is 19.0 Å². The first-order valence-electron chi connectivity index (χ1n) is 6.45. The maximum absolute atomic E-state index is 12.9. The summed E-state index contributed by atoms with van der Waals surface area (Å²) in [4.78, 5) is 0. The standard InChI is InChI=1S/C13H13F2N3O3/c1-3-11-17-18-12(19-11)7(2)16-8-4-5-9-10(6-8)21-13(14,15)20-9/h4-7,16H,3H2,1-2H3/t7-/m0/s1. The summed E-state index contributed by atoms with van der Waals surface area (Å²) >= 11 is 0. The van der Waals surface area contributed by atoms with Crippen molar-refractivity contribution in [2.45, 2.75) is 32.6 Å². The third-order valence-corrected chi connectivity index (χ3v) is 2.94. The van der Waals surface area contributed by atoms with Gasteiger partial charge in [0.1, 0.15) is 6.04 Å². The molecule has 0 aliphatic carbocycles. The SMILES string of the molecule is CCc1nnc([C@H](C)Nc2ccc3c(c2)OC(F)(F)O3)o1. The van der Waals surface area contributed by atoms with Gasteiger partial charge in [0.25, 0.3) is 0 Å². The summed E-state index contributed by atoms with van der Waals surface area (Å²) < 4.78 is 40.0. The van der Waals surface area contributed by atoms with Crippen LogP contribution in [0.15, 0.2) is 22.6 Å². The fraction of sp³-hybridized carbons (Fsp3) is 0.385. The normalized spacial score (nSPS) is 16.8. The van der Waals surface area contributed by atoms with Gasteiger partial charge in [0.05, 0.1) is 0 Å². The second kappa shape index (κ2) is 4.87. The molecule has 112 valence electrons. The monoisotopic (exact) mass is 297 g/mol. The van der Waals surface area contributed by atoms with E-state index in [2.05, 4.69) is 25.0 Å². The molecule has 0 saturated carbocycles. The summed E-state index contributed by atoms with van der Waals surface area (Å²) in [6, 6.07) is 4.19.